The molecular formula is C9H16F2Si. The van der Waals surface area contributed by atoms with Gasteiger partial charge in [0.1, 0.15) is 6.17 Å². The summed E-state index contributed by atoms with van der Waals surface area (Å²) in [6.07, 6.45) is 1.84. The van der Waals surface area contributed by atoms with E-state index in [1.165, 1.54) is 5.70 Å². The van der Waals surface area contributed by atoms with Gasteiger partial charge in [-0.2, -0.15) is 0 Å². The van der Waals surface area contributed by atoms with Crippen LogP contribution in [-0.4, -0.2) is 14.6 Å². The van der Waals surface area contributed by atoms with Crippen LogP contribution in [0.25, 0.3) is 0 Å². The van der Waals surface area contributed by atoms with Gasteiger partial charge in [0.25, 0.3) is 8.41 Å². The zero-order chi connectivity index (χ0) is 9.19. The summed E-state index contributed by atoms with van der Waals surface area (Å²) >= 11 is 0. The van der Waals surface area contributed by atoms with Crippen LogP contribution in [0.3, 0.4) is 0 Å². The molecule has 0 amide bonds. The molecule has 1 saturated carbocycles. The first-order chi connectivity index (χ1) is 5.56. The van der Waals surface area contributed by atoms with Crippen LogP contribution in [0.5, 0.6) is 0 Å². The summed E-state index contributed by atoms with van der Waals surface area (Å²) < 4.78 is 26.4. The zero-order valence-electron chi connectivity index (χ0n) is 7.52. The molecule has 0 aromatic rings. The van der Waals surface area contributed by atoms with E-state index in [-0.39, 0.29) is 5.54 Å². The van der Waals surface area contributed by atoms with Crippen LogP contribution in [0.15, 0.2) is 12.3 Å². The van der Waals surface area contributed by atoms with E-state index in [0.717, 1.165) is 0 Å². The molecule has 0 nitrogen and oxygen atoms in total. The Balaban J connectivity index is 2.49. The van der Waals surface area contributed by atoms with E-state index in [0.29, 0.717) is 25.7 Å². The Morgan fingerprint density at radius 1 is 1.33 bits per heavy atom. The molecule has 0 saturated heterocycles. The highest BCUT2D eigenvalue weighted by molar-refractivity contribution is 6.78. The van der Waals surface area contributed by atoms with Gasteiger partial charge in [-0.1, -0.05) is 5.70 Å². The lowest BCUT2D eigenvalue weighted by Gasteiger charge is -2.30. The van der Waals surface area contributed by atoms with Gasteiger partial charge in [-0.3, -0.25) is 0 Å². The van der Waals surface area contributed by atoms with E-state index >= 15 is 0 Å². The minimum absolute atomic E-state index is 0.113. The second-order valence-electron chi connectivity index (χ2n) is 3.80. The Hall–Kier alpha value is -0.183. The zero-order valence-corrected chi connectivity index (χ0v) is 8.52. The molecule has 0 aromatic carbocycles. The molecule has 70 valence electrons. The predicted octanol–water partition coefficient (Wildman–Crippen LogP) is 3.54. The van der Waals surface area contributed by atoms with E-state index in [2.05, 4.69) is 6.58 Å². The summed E-state index contributed by atoms with van der Waals surface area (Å²) in [6, 6.07) is 0. The Kier molecular flexibility index (Phi) is 3.04. The quantitative estimate of drug-likeness (QED) is 0.461. The van der Waals surface area contributed by atoms with Gasteiger partial charge in [0.05, 0.1) is 0 Å². The second-order valence-corrected chi connectivity index (χ2v) is 7.33. The number of rotatable bonds is 2. The average molecular weight is 190 g/mol. The van der Waals surface area contributed by atoms with Crippen LogP contribution in [-0.2, 0) is 0 Å². The van der Waals surface area contributed by atoms with E-state index in [9.17, 15) is 8.50 Å². The summed E-state index contributed by atoms with van der Waals surface area (Å²) in [6.45, 7) is 5.19. The van der Waals surface area contributed by atoms with Crippen molar-refractivity contribution in [2.24, 2.45) is 0 Å². The normalized spacial score (nSPS) is 35.6. The average Bonchev–Trinajstić information content (AvgIpc) is 2.05. The molecule has 1 aliphatic carbocycles. The first-order valence-corrected chi connectivity index (χ1v) is 7.06. The number of hydrogen-bond acceptors (Lipinski definition) is 0. The molecule has 0 heterocycles. The number of alkyl halides is 1. The third kappa shape index (κ3) is 2.16. The van der Waals surface area contributed by atoms with E-state index in [1.807, 2.05) is 0 Å². The third-order valence-electron chi connectivity index (χ3n) is 2.85. The minimum atomic E-state index is -2.71. The molecule has 0 aliphatic heterocycles. The lowest BCUT2D eigenvalue weighted by molar-refractivity contribution is 0.247. The highest BCUT2D eigenvalue weighted by Gasteiger charge is 2.37. The standard InChI is InChI=1S/C9H16F2Si/c1-3-12(2,11)9-6-4-8(10)5-7-9/h3,8-9H,1,4-7H2,2H3. The van der Waals surface area contributed by atoms with Crippen molar-refractivity contribution >= 4 is 8.41 Å². The van der Waals surface area contributed by atoms with Crippen LogP contribution in [0.4, 0.5) is 8.50 Å². The summed E-state index contributed by atoms with van der Waals surface area (Å²) in [5.41, 5.74) is 1.60. The first-order valence-electron chi connectivity index (χ1n) is 4.53. The van der Waals surface area contributed by atoms with Crippen LogP contribution < -0.4 is 0 Å². The van der Waals surface area contributed by atoms with Crippen LogP contribution in [0, 0.1) is 0 Å². The summed E-state index contributed by atoms with van der Waals surface area (Å²) in [5.74, 6) is 0. The molecule has 0 N–H and O–H groups in total. The van der Waals surface area contributed by atoms with Gasteiger partial charge in [0.2, 0.25) is 0 Å². The van der Waals surface area contributed by atoms with Crippen LogP contribution in [0.2, 0.25) is 12.1 Å². The van der Waals surface area contributed by atoms with Gasteiger partial charge in [0.15, 0.2) is 0 Å². The largest absolute Gasteiger partial charge is 0.308 e. The maximum Gasteiger partial charge on any atom is 0.270 e. The molecule has 1 rings (SSSR count). The van der Waals surface area contributed by atoms with E-state index < -0.39 is 14.6 Å². The van der Waals surface area contributed by atoms with Gasteiger partial charge >= 0.3 is 0 Å². The lowest BCUT2D eigenvalue weighted by atomic mass is 9.98. The van der Waals surface area contributed by atoms with Crippen molar-refractivity contribution in [2.45, 2.75) is 43.9 Å². The fourth-order valence-corrected chi connectivity index (χ4v) is 3.58. The smallest absolute Gasteiger partial charge is 0.270 e. The molecule has 1 atom stereocenters. The van der Waals surface area contributed by atoms with Gasteiger partial charge in [-0.15, -0.1) is 6.58 Å². The van der Waals surface area contributed by atoms with E-state index in [1.54, 1.807) is 6.55 Å². The predicted molar refractivity (Wildman–Crippen MR) is 50.0 cm³/mol. The number of halogens is 2. The molecule has 12 heavy (non-hydrogen) atoms. The van der Waals surface area contributed by atoms with Crippen molar-refractivity contribution in [1.82, 2.24) is 0 Å². The van der Waals surface area contributed by atoms with Gasteiger partial charge in [0, 0.05) is 0 Å². The van der Waals surface area contributed by atoms with E-state index in [4.69, 9.17) is 0 Å². The van der Waals surface area contributed by atoms with Gasteiger partial charge in [-0.25, -0.2) is 4.39 Å². The van der Waals surface area contributed by atoms with Crippen LogP contribution >= 0.6 is 0 Å². The van der Waals surface area contributed by atoms with Crippen molar-refractivity contribution in [1.29, 1.82) is 0 Å². The highest BCUT2D eigenvalue weighted by Crippen LogP contribution is 2.38. The molecule has 1 fully saturated rings. The SMILES string of the molecule is C=C[Si](C)(F)C1CCC(F)CC1. The molecular weight excluding hydrogens is 174 g/mol. The molecule has 0 spiro atoms. The second kappa shape index (κ2) is 3.69. The summed E-state index contributed by atoms with van der Waals surface area (Å²) in [5, 5.41) is 0. The summed E-state index contributed by atoms with van der Waals surface area (Å²) in [4.78, 5) is 0. The third-order valence-corrected chi connectivity index (χ3v) is 5.83. The Bertz CT molecular complexity index is 160. The molecule has 0 radical (unpaired) electrons. The fraction of sp³-hybridized carbons (Fsp3) is 0.778. The lowest BCUT2D eigenvalue weighted by Crippen LogP contribution is -2.32. The van der Waals surface area contributed by atoms with Gasteiger partial charge < -0.3 is 4.11 Å². The molecule has 1 aliphatic rings. The minimum Gasteiger partial charge on any atom is -0.308 e. The topological polar surface area (TPSA) is 0 Å². The maximum atomic E-state index is 13.7. The van der Waals surface area contributed by atoms with Crippen molar-refractivity contribution in [3.05, 3.63) is 12.3 Å². The highest BCUT2D eigenvalue weighted by atomic mass is 28.4. The Labute approximate surface area is 73.8 Å². The Morgan fingerprint density at radius 3 is 2.25 bits per heavy atom. The summed E-state index contributed by atoms with van der Waals surface area (Å²) in [7, 11) is -2.71. The van der Waals surface area contributed by atoms with Crippen LogP contribution in [0.1, 0.15) is 25.7 Å². The first kappa shape index (κ1) is 9.90. The van der Waals surface area contributed by atoms with Crippen molar-refractivity contribution in [3.8, 4) is 0 Å². The molecule has 3 heteroatoms. The van der Waals surface area contributed by atoms with Gasteiger partial charge in [-0.05, 0) is 37.8 Å². The van der Waals surface area contributed by atoms with Crippen molar-refractivity contribution in [2.75, 3.05) is 0 Å². The molecule has 0 aromatic heterocycles. The van der Waals surface area contributed by atoms with Crippen molar-refractivity contribution in [3.63, 3.8) is 0 Å². The monoisotopic (exact) mass is 190 g/mol. The molecule has 0 bridgehead atoms. The Morgan fingerprint density at radius 2 is 1.83 bits per heavy atom. The fourth-order valence-electron chi connectivity index (χ4n) is 1.78. The van der Waals surface area contributed by atoms with Crippen molar-refractivity contribution < 1.29 is 8.50 Å². The molecule has 1 unspecified atom stereocenters. The maximum absolute atomic E-state index is 13.7. The number of hydrogen-bond donors (Lipinski definition) is 0.